The number of ether oxygens (including phenoxy) is 2. The number of unbranched alkanes of at least 4 members (excludes halogenated alkanes) is 1. The van der Waals surface area contributed by atoms with E-state index >= 15 is 0 Å². The Morgan fingerprint density at radius 2 is 1.71 bits per heavy atom. The van der Waals surface area contributed by atoms with Gasteiger partial charge in [0.15, 0.2) is 11.5 Å². The summed E-state index contributed by atoms with van der Waals surface area (Å²) in [6.07, 6.45) is 2.40. The third-order valence-corrected chi connectivity index (χ3v) is 3.82. The van der Waals surface area contributed by atoms with E-state index in [9.17, 15) is 0 Å². The van der Waals surface area contributed by atoms with Crippen molar-refractivity contribution in [3.63, 3.8) is 0 Å². The Hall–Kier alpha value is -1.42. The summed E-state index contributed by atoms with van der Waals surface area (Å²) in [7, 11) is 1.67. The maximum absolute atomic E-state index is 5.89. The van der Waals surface area contributed by atoms with Gasteiger partial charge < -0.3 is 14.8 Å². The third kappa shape index (κ3) is 6.60. The molecule has 3 nitrogen and oxygen atoms in total. The lowest BCUT2D eigenvalue weighted by Gasteiger charge is -2.13. The molecular weight excluding hydrogens is 345 g/mol. The van der Waals surface area contributed by atoms with Gasteiger partial charge in [-0.25, -0.2) is 0 Å². The van der Waals surface area contributed by atoms with Gasteiger partial charge in [-0.3, -0.25) is 0 Å². The van der Waals surface area contributed by atoms with Crippen LogP contribution in [0.15, 0.2) is 42.5 Å². The first-order chi connectivity index (χ1) is 11.2. The van der Waals surface area contributed by atoms with Crippen LogP contribution >= 0.6 is 24.0 Å². The van der Waals surface area contributed by atoms with E-state index in [0.717, 1.165) is 35.2 Å². The summed E-state index contributed by atoms with van der Waals surface area (Å²) in [5, 5.41) is 4.16. The van der Waals surface area contributed by atoms with E-state index in [1.165, 1.54) is 18.4 Å². The zero-order valence-electron chi connectivity index (χ0n) is 14.2. The van der Waals surface area contributed by atoms with Crippen molar-refractivity contribution >= 4 is 24.0 Å². The summed E-state index contributed by atoms with van der Waals surface area (Å²) in [4.78, 5) is 0. The number of nitrogens with one attached hydrogen (secondary N) is 1. The fourth-order valence-electron chi connectivity index (χ4n) is 2.22. The van der Waals surface area contributed by atoms with Crippen molar-refractivity contribution in [1.82, 2.24) is 5.32 Å². The second kappa shape index (κ2) is 11.2. The van der Waals surface area contributed by atoms with Gasteiger partial charge in [0, 0.05) is 11.6 Å². The fourth-order valence-corrected chi connectivity index (χ4v) is 2.34. The summed E-state index contributed by atoms with van der Waals surface area (Å²) in [5.41, 5.74) is 2.26. The van der Waals surface area contributed by atoms with E-state index in [4.69, 9.17) is 21.1 Å². The zero-order valence-corrected chi connectivity index (χ0v) is 15.8. The van der Waals surface area contributed by atoms with Crippen LogP contribution in [-0.2, 0) is 13.2 Å². The SMILES string of the molecule is CCCCNCc1ccc(OCc2ccc(Cl)cc2)c(OC)c1.Cl. The molecule has 0 bridgehead atoms. The minimum atomic E-state index is 0. The zero-order chi connectivity index (χ0) is 16.5. The van der Waals surface area contributed by atoms with Gasteiger partial charge in [-0.15, -0.1) is 12.4 Å². The maximum Gasteiger partial charge on any atom is 0.161 e. The van der Waals surface area contributed by atoms with Crippen molar-refractivity contribution in [3.8, 4) is 11.5 Å². The number of methoxy groups -OCH3 is 1. The van der Waals surface area contributed by atoms with Gasteiger partial charge in [0.25, 0.3) is 0 Å². The molecule has 0 heterocycles. The first-order valence-electron chi connectivity index (χ1n) is 7.97. The van der Waals surface area contributed by atoms with E-state index in [2.05, 4.69) is 18.3 Å². The molecule has 24 heavy (non-hydrogen) atoms. The lowest BCUT2D eigenvalue weighted by atomic mass is 10.2. The van der Waals surface area contributed by atoms with Crippen LogP contribution in [0.3, 0.4) is 0 Å². The van der Waals surface area contributed by atoms with Gasteiger partial charge in [-0.2, -0.15) is 0 Å². The topological polar surface area (TPSA) is 30.5 Å². The number of hydrogen-bond donors (Lipinski definition) is 1. The van der Waals surface area contributed by atoms with Crippen LogP contribution in [0.5, 0.6) is 11.5 Å². The van der Waals surface area contributed by atoms with Crippen molar-refractivity contribution in [2.45, 2.75) is 32.9 Å². The number of benzene rings is 2. The van der Waals surface area contributed by atoms with E-state index in [1.54, 1.807) is 7.11 Å². The Labute approximate surface area is 155 Å². The van der Waals surface area contributed by atoms with Crippen molar-refractivity contribution in [2.24, 2.45) is 0 Å². The molecule has 2 aromatic rings. The average Bonchev–Trinajstić information content (AvgIpc) is 2.58. The summed E-state index contributed by atoms with van der Waals surface area (Å²) < 4.78 is 11.3. The molecule has 0 unspecified atom stereocenters. The molecule has 0 aliphatic heterocycles. The molecule has 1 N–H and O–H groups in total. The lowest BCUT2D eigenvalue weighted by molar-refractivity contribution is 0.284. The predicted molar refractivity (Wildman–Crippen MR) is 103 cm³/mol. The first kappa shape index (κ1) is 20.6. The first-order valence-corrected chi connectivity index (χ1v) is 8.35. The van der Waals surface area contributed by atoms with Crippen molar-refractivity contribution < 1.29 is 9.47 Å². The molecule has 0 saturated carbocycles. The van der Waals surface area contributed by atoms with E-state index in [1.807, 2.05) is 36.4 Å². The van der Waals surface area contributed by atoms with Crippen LogP contribution < -0.4 is 14.8 Å². The highest BCUT2D eigenvalue weighted by Gasteiger charge is 2.06. The molecule has 0 aromatic heterocycles. The van der Waals surface area contributed by atoms with Crippen LogP contribution in [0.2, 0.25) is 5.02 Å². The minimum absolute atomic E-state index is 0. The molecule has 0 fully saturated rings. The minimum Gasteiger partial charge on any atom is -0.493 e. The number of rotatable bonds is 9. The average molecular weight is 370 g/mol. The quantitative estimate of drug-likeness (QED) is 0.613. The molecule has 0 aliphatic rings. The molecule has 2 aromatic carbocycles. The molecular formula is C19H25Cl2NO2. The summed E-state index contributed by atoms with van der Waals surface area (Å²) in [5.74, 6) is 1.51. The maximum atomic E-state index is 5.89. The molecule has 0 saturated heterocycles. The number of halogens is 2. The van der Waals surface area contributed by atoms with Gasteiger partial charge in [-0.05, 0) is 48.4 Å². The predicted octanol–water partition coefficient (Wildman–Crippen LogP) is 5.24. The van der Waals surface area contributed by atoms with E-state index in [0.29, 0.717) is 6.61 Å². The Balaban J connectivity index is 0.00000288. The Morgan fingerprint density at radius 1 is 1.00 bits per heavy atom. The lowest BCUT2D eigenvalue weighted by Crippen LogP contribution is -2.14. The molecule has 0 atom stereocenters. The highest BCUT2D eigenvalue weighted by molar-refractivity contribution is 6.30. The summed E-state index contributed by atoms with van der Waals surface area (Å²) >= 11 is 5.89. The van der Waals surface area contributed by atoms with Crippen LogP contribution in [0.25, 0.3) is 0 Å². The molecule has 5 heteroatoms. The number of hydrogen-bond acceptors (Lipinski definition) is 3. The van der Waals surface area contributed by atoms with Gasteiger partial charge in [0.05, 0.1) is 7.11 Å². The normalized spacial score (nSPS) is 10.1. The van der Waals surface area contributed by atoms with Gasteiger partial charge in [0.1, 0.15) is 6.61 Å². The summed E-state index contributed by atoms with van der Waals surface area (Å²) in [6, 6.07) is 13.7. The van der Waals surface area contributed by atoms with E-state index in [-0.39, 0.29) is 12.4 Å². The largest absolute Gasteiger partial charge is 0.493 e. The molecule has 0 spiro atoms. The van der Waals surface area contributed by atoms with Crippen LogP contribution in [0.4, 0.5) is 0 Å². The van der Waals surface area contributed by atoms with Crippen molar-refractivity contribution in [1.29, 1.82) is 0 Å². The Kier molecular flexibility index (Phi) is 9.62. The van der Waals surface area contributed by atoms with Crippen LogP contribution in [-0.4, -0.2) is 13.7 Å². The fraction of sp³-hybridized carbons (Fsp3) is 0.368. The van der Waals surface area contributed by atoms with Gasteiger partial charge >= 0.3 is 0 Å². The van der Waals surface area contributed by atoms with Crippen LogP contribution in [0, 0.1) is 0 Å². The van der Waals surface area contributed by atoms with Gasteiger partial charge in [0.2, 0.25) is 0 Å². The van der Waals surface area contributed by atoms with E-state index < -0.39 is 0 Å². The van der Waals surface area contributed by atoms with Crippen molar-refractivity contribution in [2.75, 3.05) is 13.7 Å². The Morgan fingerprint density at radius 3 is 2.38 bits per heavy atom. The second-order valence-electron chi connectivity index (χ2n) is 5.43. The molecule has 132 valence electrons. The smallest absolute Gasteiger partial charge is 0.161 e. The van der Waals surface area contributed by atoms with Crippen molar-refractivity contribution in [3.05, 3.63) is 58.6 Å². The highest BCUT2D eigenvalue weighted by atomic mass is 35.5. The highest BCUT2D eigenvalue weighted by Crippen LogP contribution is 2.29. The molecule has 0 aliphatic carbocycles. The van der Waals surface area contributed by atoms with Gasteiger partial charge in [-0.1, -0.05) is 43.1 Å². The standard InChI is InChI=1S/C19H24ClNO2.ClH/c1-3-4-11-21-13-16-7-10-18(19(12-16)22-2)23-14-15-5-8-17(20)9-6-15;/h5-10,12,21H,3-4,11,13-14H2,1-2H3;1H. The van der Waals surface area contributed by atoms with Crippen LogP contribution in [0.1, 0.15) is 30.9 Å². The summed E-state index contributed by atoms with van der Waals surface area (Å²) in [6.45, 7) is 4.56. The molecule has 0 radical (unpaired) electrons. The molecule has 0 amide bonds. The third-order valence-electron chi connectivity index (χ3n) is 3.57. The monoisotopic (exact) mass is 369 g/mol. The Bertz CT molecular complexity index is 603. The second-order valence-corrected chi connectivity index (χ2v) is 5.87. The molecule has 2 rings (SSSR count).